The van der Waals surface area contributed by atoms with Crippen molar-refractivity contribution in [2.45, 2.75) is 18.3 Å². The van der Waals surface area contributed by atoms with Gasteiger partial charge < -0.3 is 14.5 Å². The molecule has 2 heterocycles. The molecule has 1 N–H and O–H groups in total. The molecule has 1 aromatic carbocycles. The lowest BCUT2D eigenvalue weighted by molar-refractivity contribution is -0.116. The van der Waals surface area contributed by atoms with Gasteiger partial charge in [-0.05, 0) is 36.6 Å². The van der Waals surface area contributed by atoms with Gasteiger partial charge in [0, 0.05) is 31.2 Å². The molecular formula is C19H21NO3. The van der Waals surface area contributed by atoms with Crippen molar-refractivity contribution in [3.8, 4) is 0 Å². The van der Waals surface area contributed by atoms with Gasteiger partial charge in [-0.15, -0.1) is 0 Å². The number of hydrogen-bond donors (Lipinski definition) is 1. The molecule has 0 radical (unpaired) electrons. The molecule has 0 bridgehead atoms. The average Bonchev–Trinajstić information content (AvgIpc) is 3.13. The van der Waals surface area contributed by atoms with Crippen LogP contribution in [0.4, 0.5) is 0 Å². The fraction of sp³-hybridized carbons (Fsp3) is 0.316. The van der Waals surface area contributed by atoms with Gasteiger partial charge in [-0.2, -0.15) is 0 Å². The molecular weight excluding hydrogens is 290 g/mol. The molecule has 1 fully saturated rings. The SMILES string of the molecule is O=C(/C=C/c1ccco1)NCC1(c2ccccc2)CCOCC1. The van der Waals surface area contributed by atoms with E-state index in [1.54, 1.807) is 18.4 Å². The Balaban J connectivity index is 1.66. The molecule has 0 unspecified atom stereocenters. The summed E-state index contributed by atoms with van der Waals surface area (Å²) in [4.78, 5) is 12.1. The summed E-state index contributed by atoms with van der Waals surface area (Å²) < 4.78 is 10.7. The minimum Gasteiger partial charge on any atom is -0.465 e. The van der Waals surface area contributed by atoms with E-state index in [0.29, 0.717) is 12.3 Å². The van der Waals surface area contributed by atoms with Crippen LogP contribution < -0.4 is 5.32 Å². The highest BCUT2D eigenvalue weighted by atomic mass is 16.5. The molecule has 23 heavy (non-hydrogen) atoms. The minimum atomic E-state index is -0.108. The van der Waals surface area contributed by atoms with Crippen molar-refractivity contribution in [3.63, 3.8) is 0 Å². The highest BCUT2D eigenvalue weighted by molar-refractivity contribution is 5.91. The molecule has 4 nitrogen and oxygen atoms in total. The highest BCUT2D eigenvalue weighted by Gasteiger charge is 2.34. The Morgan fingerprint density at radius 3 is 2.61 bits per heavy atom. The Morgan fingerprint density at radius 2 is 1.91 bits per heavy atom. The first kappa shape index (κ1) is 15.6. The normalized spacial score (nSPS) is 17.2. The standard InChI is InChI=1S/C19H21NO3/c21-18(9-8-17-7-4-12-23-17)20-15-19(10-13-22-14-11-19)16-5-2-1-3-6-16/h1-9,12H,10-11,13-15H2,(H,20,21)/b9-8+. The van der Waals surface area contributed by atoms with Crippen LogP contribution in [0.3, 0.4) is 0 Å². The lowest BCUT2D eigenvalue weighted by Crippen LogP contribution is -2.44. The monoisotopic (exact) mass is 311 g/mol. The second-order valence-electron chi connectivity index (χ2n) is 5.83. The number of ether oxygens (including phenoxy) is 1. The summed E-state index contributed by atoms with van der Waals surface area (Å²) >= 11 is 0. The molecule has 1 aliphatic heterocycles. The van der Waals surface area contributed by atoms with E-state index in [9.17, 15) is 4.79 Å². The van der Waals surface area contributed by atoms with E-state index < -0.39 is 0 Å². The van der Waals surface area contributed by atoms with E-state index in [2.05, 4.69) is 17.4 Å². The highest BCUT2D eigenvalue weighted by Crippen LogP contribution is 2.34. The Kier molecular flexibility index (Phi) is 4.93. The van der Waals surface area contributed by atoms with E-state index in [0.717, 1.165) is 26.1 Å². The molecule has 0 saturated carbocycles. The molecule has 0 aliphatic carbocycles. The first-order valence-corrected chi connectivity index (χ1v) is 7.91. The van der Waals surface area contributed by atoms with Gasteiger partial charge in [0.25, 0.3) is 0 Å². The van der Waals surface area contributed by atoms with Crippen LogP contribution in [0.2, 0.25) is 0 Å². The lowest BCUT2D eigenvalue weighted by atomic mass is 9.74. The zero-order valence-corrected chi connectivity index (χ0v) is 13.0. The maximum Gasteiger partial charge on any atom is 0.244 e. The molecule has 3 rings (SSSR count). The van der Waals surface area contributed by atoms with Crippen LogP contribution in [-0.4, -0.2) is 25.7 Å². The summed E-state index contributed by atoms with van der Waals surface area (Å²) in [5.74, 6) is 0.562. The zero-order chi connectivity index (χ0) is 16.0. The summed E-state index contributed by atoms with van der Waals surface area (Å²) in [5, 5.41) is 3.03. The van der Waals surface area contributed by atoms with Crippen LogP contribution in [0.5, 0.6) is 0 Å². The molecule has 1 amide bonds. The number of rotatable bonds is 5. The van der Waals surface area contributed by atoms with E-state index >= 15 is 0 Å². The predicted molar refractivity (Wildman–Crippen MR) is 88.9 cm³/mol. The van der Waals surface area contributed by atoms with Gasteiger partial charge in [-0.3, -0.25) is 4.79 Å². The molecule has 4 heteroatoms. The summed E-state index contributed by atoms with van der Waals surface area (Å²) in [6.45, 7) is 2.07. The third-order valence-electron chi connectivity index (χ3n) is 4.38. The van der Waals surface area contributed by atoms with Gasteiger partial charge in [0.1, 0.15) is 5.76 Å². The molecule has 1 aliphatic rings. The maximum absolute atomic E-state index is 12.1. The molecule has 0 spiro atoms. The van der Waals surface area contributed by atoms with Crippen molar-refractivity contribution >= 4 is 12.0 Å². The smallest absolute Gasteiger partial charge is 0.244 e. The van der Waals surface area contributed by atoms with Gasteiger partial charge >= 0.3 is 0 Å². The van der Waals surface area contributed by atoms with Gasteiger partial charge in [0.2, 0.25) is 5.91 Å². The second kappa shape index (κ2) is 7.29. The largest absolute Gasteiger partial charge is 0.465 e. The van der Waals surface area contributed by atoms with Crippen molar-refractivity contribution in [2.24, 2.45) is 0 Å². The number of carbonyl (C=O) groups is 1. The van der Waals surface area contributed by atoms with Gasteiger partial charge in [0.15, 0.2) is 0 Å². The van der Waals surface area contributed by atoms with Crippen molar-refractivity contribution in [1.82, 2.24) is 5.32 Å². The Hall–Kier alpha value is -2.33. The summed E-state index contributed by atoms with van der Waals surface area (Å²) in [6.07, 6.45) is 6.60. The van der Waals surface area contributed by atoms with E-state index in [4.69, 9.17) is 9.15 Å². The third kappa shape index (κ3) is 3.90. The first-order chi connectivity index (χ1) is 11.3. The number of nitrogens with one attached hydrogen (secondary N) is 1. The van der Waals surface area contributed by atoms with Gasteiger partial charge in [-0.1, -0.05) is 30.3 Å². The van der Waals surface area contributed by atoms with Gasteiger partial charge in [0.05, 0.1) is 6.26 Å². The summed E-state index contributed by atoms with van der Waals surface area (Å²) in [6, 6.07) is 14.0. The fourth-order valence-electron chi connectivity index (χ4n) is 2.98. The summed E-state index contributed by atoms with van der Waals surface area (Å²) in [5.41, 5.74) is 1.21. The van der Waals surface area contributed by atoms with Crippen LogP contribution in [0.1, 0.15) is 24.2 Å². The minimum absolute atomic E-state index is 0.0479. The number of benzene rings is 1. The quantitative estimate of drug-likeness (QED) is 0.863. The maximum atomic E-state index is 12.1. The number of amides is 1. The topological polar surface area (TPSA) is 51.5 Å². The van der Waals surface area contributed by atoms with Crippen LogP contribution >= 0.6 is 0 Å². The van der Waals surface area contributed by atoms with Crippen LogP contribution in [0, 0.1) is 0 Å². The van der Waals surface area contributed by atoms with Crippen molar-refractivity contribution in [3.05, 3.63) is 66.1 Å². The van der Waals surface area contributed by atoms with Crippen LogP contribution in [-0.2, 0) is 14.9 Å². The van der Waals surface area contributed by atoms with Crippen molar-refractivity contribution in [1.29, 1.82) is 0 Å². The molecule has 1 saturated heterocycles. The Labute approximate surface area is 136 Å². The second-order valence-corrected chi connectivity index (χ2v) is 5.83. The number of carbonyl (C=O) groups excluding carboxylic acids is 1. The fourth-order valence-corrected chi connectivity index (χ4v) is 2.98. The van der Waals surface area contributed by atoms with Crippen molar-refractivity contribution < 1.29 is 13.9 Å². The zero-order valence-electron chi connectivity index (χ0n) is 13.0. The number of hydrogen-bond acceptors (Lipinski definition) is 3. The third-order valence-corrected chi connectivity index (χ3v) is 4.38. The average molecular weight is 311 g/mol. The Bertz CT molecular complexity index is 641. The lowest BCUT2D eigenvalue weighted by Gasteiger charge is -2.37. The van der Waals surface area contributed by atoms with E-state index in [1.807, 2.05) is 24.3 Å². The Morgan fingerprint density at radius 1 is 1.13 bits per heavy atom. The van der Waals surface area contributed by atoms with Gasteiger partial charge in [-0.25, -0.2) is 0 Å². The molecule has 0 atom stereocenters. The van der Waals surface area contributed by atoms with Crippen LogP contribution in [0.25, 0.3) is 6.08 Å². The molecule has 120 valence electrons. The van der Waals surface area contributed by atoms with Crippen molar-refractivity contribution in [2.75, 3.05) is 19.8 Å². The van der Waals surface area contributed by atoms with Crippen LogP contribution in [0.15, 0.2) is 59.2 Å². The number of furan rings is 1. The molecule has 1 aromatic heterocycles. The predicted octanol–water partition coefficient (Wildman–Crippen LogP) is 3.16. The van der Waals surface area contributed by atoms with E-state index in [1.165, 1.54) is 11.6 Å². The first-order valence-electron chi connectivity index (χ1n) is 7.91. The molecule has 2 aromatic rings. The van der Waals surface area contributed by atoms with E-state index in [-0.39, 0.29) is 11.3 Å². The summed E-state index contributed by atoms with van der Waals surface area (Å²) in [7, 11) is 0.